The summed E-state index contributed by atoms with van der Waals surface area (Å²) in [6.07, 6.45) is 0.831. The van der Waals surface area contributed by atoms with Gasteiger partial charge >= 0.3 is 5.69 Å². The summed E-state index contributed by atoms with van der Waals surface area (Å²) in [5, 5.41) is 0.155. The quantitative estimate of drug-likeness (QED) is 0.649. The van der Waals surface area contributed by atoms with Crippen LogP contribution < -0.4 is 11.2 Å². The summed E-state index contributed by atoms with van der Waals surface area (Å²) in [7, 11) is 2.92. The summed E-state index contributed by atoms with van der Waals surface area (Å²) < 4.78 is 16.3. The van der Waals surface area contributed by atoms with Gasteiger partial charge in [0.1, 0.15) is 11.5 Å². The summed E-state index contributed by atoms with van der Waals surface area (Å²) in [5.74, 6) is -0.600. The van der Waals surface area contributed by atoms with Crippen molar-refractivity contribution in [3.05, 3.63) is 62.2 Å². The molecular weight excluding hydrogens is 361 g/mol. The Labute approximate surface area is 160 Å². The van der Waals surface area contributed by atoms with Gasteiger partial charge in [-0.2, -0.15) is 0 Å². The minimum Gasteiger partial charge on any atom is -0.294 e. The van der Waals surface area contributed by atoms with E-state index in [1.54, 1.807) is 6.07 Å². The van der Waals surface area contributed by atoms with E-state index in [0.717, 1.165) is 4.57 Å². The van der Waals surface area contributed by atoms with Crippen LogP contribution in [0.25, 0.3) is 22.2 Å². The lowest BCUT2D eigenvalue weighted by atomic mass is 9.73. The molecule has 7 heteroatoms. The minimum atomic E-state index is -0.551. The third-order valence-electron chi connectivity index (χ3n) is 5.34. The van der Waals surface area contributed by atoms with Crippen LogP contribution in [0.3, 0.4) is 0 Å². The Morgan fingerprint density at radius 1 is 1.04 bits per heavy atom. The highest BCUT2D eigenvalue weighted by atomic mass is 19.1. The molecule has 0 spiro atoms. The van der Waals surface area contributed by atoms with Gasteiger partial charge in [0.15, 0.2) is 5.78 Å². The molecule has 0 saturated carbocycles. The van der Waals surface area contributed by atoms with Gasteiger partial charge in [-0.05, 0) is 29.5 Å². The Hall–Kier alpha value is -3.09. The first-order valence-electron chi connectivity index (χ1n) is 9.02. The van der Waals surface area contributed by atoms with Crippen LogP contribution in [0.1, 0.15) is 36.3 Å². The predicted octanol–water partition coefficient (Wildman–Crippen LogP) is 2.59. The van der Waals surface area contributed by atoms with Crippen LogP contribution in [0.2, 0.25) is 0 Å². The predicted molar refractivity (Wildman–Crippen MR) is 104 cm³/mol. The number of fused-ring (bicyclic) bond motifs is 2. The van der Waals surface area contributed by atoms with E-state index in [2.05, 4.69) is 4.98 Å². The molecule has 144 valence electrons. The molecule has 0 amide bonds. The summed E-state index contributed by atoms with van der Waals surface area (Å²) in [6.45, 7) is 3.95. The van der Waals surface area contributed by atoms with E-state index in [1.165, 1.54) is 36.9 Å². The molecule has 2 aromatic heterocycles. The maximum absolute atomic E-state index is 14.0. The number of aromatic nitrogens is 3. The van der Waals surface area contributed by atoms with Crippen molar-refractivity contribution in [1.82, 2.24) is 14.1 Å². The topological polar surface area (TPSA) is 74.0 Å². The number of nitrogens with zero attached hydrogens (tertiary/aromatic N) is 3. The SMILES string of the molecule is Cn1c(=O)c2c(-c3cccc(F)c3)c3c(nc2n(C)c1=O)CC(C)(C)CC3=O. The standard InChI is InChI=1S/C21H20FN3O3/c1-21(2)9-13-16(14(26)10-21)15(11-6-5-7-12(22)8-11)17-18(23-13)24(3)20(28)25(4)19(17)27/h5-8H,9-10H2,1-4H3. The molecule has 0 aliphatic heterocycles. The van der Waals surface area contributed by atoms with E-state index in [9.17, 15) is 18.8 Å². The van der Waals surface area contributed by atoms with Crippen LogP contribution in [0.15, 0.2) is 33.9 Å². The molecule has 28 heavy (non-hydrogen) atoms. The zero-order chi connectivity index (χ0) is 20.4. The molecule has 2 heterocycles. The molecule has 1 aliphatic carbocycles. The van der Waals surface area contributed by atoms with Crippen LogP contribution >= 0.6 is 0 Å². The van der Waals surface area contributed by atoms with E-state index >= 15 is 0 Å². The molecule has 0 atom stereocenters. The van der Waals surface area contributed by atoms with Crippen molar-refractivity contribution in [1.29, 1.82) is 0 Å². The van der Waals surface area contributed by atoms with Crippen molar-refractivity contribution in [2.75, 3.05) is 0 Å². The van der Waals surface area contributed by atoms with E-state index in [0.29, 0.717) is 35.2 Å². The number of Topliss-reactive ketones (excluding diaryl/α,β-unsaturated/α-hetero) is 1. The van der Waals surface area contributed by atoms with Gasteiger partial charge in [0, 0.05) is 31.6 Å². The lowest BCUT2D eigenvalue weighted by Crippen LogP contribution is -2.38. The highest BCUT2D eigenvalue weighted by molar-refractivity contribution is 6.10. The minimum absolute atomic E-state index is 0.129. The average Bonchev–Trinajstić information content (AvgIpc) is 2.62. The summed E-state index contributed by atoms with van der Waals surface area (Å²) in [6, 6.07) is 5.80. The summed E-state index contributed by atoms with van der Waals surface area (Å²) >= 11 is 0. The van der Waals surface area contributed by atoms with Crippen molar-refractivity contribution >= 4 is 16.8 Å². The molecule has 3 aromatic rings. The fraction of sp³-hybridized carbons (Fsp3) is 0.333. The van der Waals surface area contributed by atoms with Crippen LogP contribution in [0.5, 0.6) is 0 Å². The van der Waals surface area contributed by atoms with Gasteiger partial charge in [-0.1, -0.05) is 26.0 Å². The molecule has 0 fully saturated rings. The number of pyridine rings is 1. The van der Waals surface area contributed by atoms with Gasteiger partial charge in [0.2, 0.25) is 0 Å². The maximum Gasteiger partial charge on any atom is 0.332 e. The zero-order valence-electron chi connectivity index (χ0n) is 16.2. The van der Waals surface area contributed by atoms with Gasteiger partial charge < -0.3 is 0 Å². The third kappa shape index (κ3) is 2.61. The van der Waals surface area contributed by atoms with Gasteiger partial charge in [-0.15, -0.1) is 0 Å². The Morgan fingerprint density at radius 3 is 2.43 bits per heavy atom. The molecule has 0 N–H and O–H groups in total. The van der Waals surface area contributed by atoms with E-state index in [4.69, 9.17) is 0 Å². The number of ketones is 1. The van der Waals surface area contributed by atoms with Crippen molar-refractivity contribution in [2.24, 2.45) is 19.5 Å². The monoisotopic (exact) mass is 381 g/mol. The van der Waals surface area contributed by atoms with Gasteiger partial charge in [0.25, 0.3) is 5.56 Å². The first-order chi connectivity index (χ1) is 13.1. The number of carbonyl (C=O) groups excluding carboxylic acids is 1. The number of hydrogen-bond donors (Lipinski definition) is 0. The number of carbonyl (C=O) groups is 1. The van der Waals surface area contributed by atoms with Crippen LogP contribution in [-0.4, -0.2) is 19.9 Å². The second-order valence-electron chi connectivity index (χ2n) is 8.16. The van der Waals surface area contributed by atoms with E-state index in [1.807, 2.05) is 13.8 Å². The number of halogens is 1. The van der Waals surface area contributed by atoms with Gasteiger partial charge in [-0.25, -0.2) is 14.2 Å². The van der Waals surface area contributed by atoms with Crippen molar-refractivity contribution in [2.45, 2.75) is 26.7 Å². The number of hydrogen-bond acceptors (Lipinski definition) is 4. The van der Waals surface area contributed by atoms with Gasteiger partial charge in [-0.3, -0.25) is 18.7 Å². The average molecular weight is 381 g/mol. The highest BCUT2D eigenvalue weighted by Gasteiger charge is 2.36. The van der Waals surface area contributed by atoms with Gasteiger partial charge in [0.05, 0.1) is 11.1 Å². The van der Waals surface area contributed by atoms with Crippen molar-refractivity contribution in [3.8, 4) is 11.1 Å². The fourth-order valence-electron chi connectivity index (χ4n) is 4.04. The fourth-order valence-corrected chi connectivity index (χ4v) is 4.04. The Bertz CT molecular complexity index is 1280. The van der Waals surface area contributed by atoms with Crippen LogP contribution in [-0.2, 0) is 20.5 Å². The van der Waals surface area contributed by atoms with Crippen molar-refractivity contribution in [3.63, 3.8) is 0 Å². The summed E-state index contributed by atoms with van der Waals surface area (Å²) in [5.41, 5.74) is 0.536. The molecule has 1 aliphatic rings. The normalized spacial score (nSPS) is 15.7. The maximum atomic E-state index is 14.0. The molecule has 6 nitrogen and oxygen atoms in total. The molecule has 0 unspecified atom stereocenters. The van der Waals surface area contributed by atoms with E-state index < -0.39 is 17.1 Å². The Balaban J connectivity index is 2.28. The number of aryl methyl sites for hydroxylation is 1. The number of benzene rings is 1. The highest BCUT2D eigenvalue weighted by Crippen LogP contribution is 2.40. The second-order valence-corrected chi connectivity index (χ2v) is 8.16. The van der Waals surface area contributed by atoms with Crippen LogP contribution in [0, 0.1) is 11.2 Å². The molecule has 0 saturated heterocycles. The molecule has 0 bridgehead atoms. The first-order valence-corrected chi connectivity index (χ1v) is 9.02. The lowest BCUT2D eigenvalue weighted by molar-refractivity contribution is 0.0911. The second kappa shape index (κ2) is 5.95. The first kappa shape index (κ1) is 18.3. The molecular formula is C21H20FN3O3. The lowest BCUT2D eigenvalue weighted by Gasteiger charge is -2.31. The smallest absolute Gasteiger partial charge is 0.294 e. The molecule has 0 radical (unpaired) electrons. The number of rotatable bonds is 1. The largest absolute Gasteiger partial charge is 0.332 e. The zero-order valence-corrected chi connectivity index (χ0v) is 16.2. The summed E-state index contributed by atoms with van der Waals surface area (Å²) in [4.78, 5) is 43.1. The van der Waals surface area contributed by atoms with Crippen LogP contribution in [0.4, 0.5) is 4.39 Å². The third-order valence-corrected chi connectivity index (χ3v) is 5.34. The Kier molecular flexibility index (Phi) is 3.89. The van der Waals surface area contributed by atoms with E-state index in [-0.39, 0.29) is 22.2 Å². The van der Waals surface area contributed by atoms with Crippen molar-refractivity contribution < 1.29 is 9.18 Å². The Morgan fingerprint density at radius 2 is 1.75 bits per heavy atom. The molecule has 4 rings (SSSR count). The molecule has 1 aromatic carbocycles.